The van der Waals surface area contributed by atoms with Gasteiger partial charge in [-0.25, -0.2) is 0 Å². The maximum absolute atomic E-state index is 12.8. The van der Waals surface area contributed by atoms with Gasteiger partial charge in [0.05, 0.1) is 6.10 Å². The van der Waals surface area contributed by atoms with Gasteiger partial charge in [0.1, 0.15) is 6.61 Å². The number of carbonyl (C=O) groups excluding carboxylic acids is 2. The number of ether oxygens (including phenoxy) is 1. The third-order valence-electron chi connectivity index (χ3n) is 9.44. The predicted octanol–water partition coefficient (Wildman–Crippen LogP) is 4.14. The van der Waals surface area contributed by atoms with Crippen molar-refractivity contribution in [2.45, 2.75) is 84.7 Å². The van der Waals surface area contributed by atoms with Gasteiger partial charge in [0, 0.05) is 12.8 Å². The van der Waals surface area contributed by atoms with Crippen LogP contribution in [-0.4, -0.2) is 29.6 Å². The number of rotatable bonds is 3. The molecule has 152 valence electrons. The van der Waals surface area contributed by atoms with Crippen LogP contribution in [0.4, 0.5) is 0 Å². The van der Waals surface area contributed by atoms with Crippen molar-refractivity contribution in [1.82, 2.24) is 0 Å². The molecule has 0 heterocycles. The molecule has 0 unspecified atom stereocenters. The number of ketones is 1. The molecule has 4 saturated carbocycles. The SMILES string of the molecule is CC(=O)OCC(=O)[C@@H]1CC[C@@H]2[C@H]3CC[C@H]4C[C@H](O)CC[C@]4(C)[C@@H]3CC[C@@]21C. The maximum Gasteiger partial charge on any atom is 0.303 e. The summed E-state index contributed by atoms with van der Waals surface area (Å²) in [6.07, 6.45) is 9.99. The number of carbonyl (C=O) groups is 2. The highest BCUT2D eigenvalue weighted by Crippen LogP contribution is 2.67. The second-order valence-electron chi connectivity index (χ2n) is 10.5. The summed E-state index contributed by atoms with van der Waals surface area (Å²) in [4.78, 5) is 23.9. The zero-order chi connectivity index (χ0) is 19.4. The lowest BCUT2D eigenvalue weighted by Gasteiger charge is -2.60. The average molecular weight is 377 g/mol. The topological polar surface area (TPSA) is 63.6 Å². The Morgan fingerprint density at radius 2 is 1.67 bits per heavy atom. The van der Waals surface area contributed by atoms with E-state index in [1.807, 2.05) is 0 Å². The standard InChI is InChI=1S/C23H36O4/c1-14(24)27-13-21(26)20-7-6-18-17-5-4-15-12-16(25)8-10-22(15,2)19(17)9-11-23(18,20)3/h15-20,25H,4-13H2,1-3H3/t15-,16+,17+,18+,19+,20-,22-,23-/m0/s1. The zero-order valence-electron chi connectivity index (χ0n) is 17.2. The lowest BCUT2D eigenvalue weighted by Crippen LogP contribution is -2.54. The molecule has 27 heavy (non-hydrogen) atoms. The number of hydrogen-bond acceptors (Lipinski definition) is 4. The number of Topliss-reactive ketones (excluding diaryl/α,β-unsaturated/α-hetero) is 1. The molecule has 1 N–H and O–H groups in total. The third-order valence-corrected chi connectivity index (χ3v) is 9.44. The molecule has 4 rings (SSSR count). The van der Waals surface area contributed by atoms with Gasteiger partial charge in [-0.1, -0.05) is 13.8 Å². The van der Waals surface area contributed by atoms with E-state index in [2.05, 4.69) is 13.8 Å². The van der Waals surface area contributed by atoms with Gasteiger partial charge in [-0.2, -0.15) is 0 Å². The van der Waals surface area contributed by atoms with Gasteiger partial charge < -0.3 is 9.84 Å². The molecule has 4 fully saturated rings. The largest absolute Gasteiger partial charge is 0.458 e. The van der Waals surface area contributed by atoms with Gasteiger partial charge in [0.2, 0.25) is 0 Å². The van der Waals surface area contributed by atoms with E-state index in [9.17, 15) is 14.7 Å². The number of fused-ring (bicyclic) bond motifs is 5. The molecule has 8 atom stereocenters. The minimum Gasteiger partial charge on any atom is -0.458 e. The van der Waals surface area contributed by atoms with E-state index in [1.54, 1.807) is 0 Å². The predicted molar refractivity (Wildman–Crippen MR) is 103 cm³/mol. The van der Waals surface area contributed by atoms with Crippen LogP contribution >= 0.6 is 0 Å². The van der Waals surface area contributed by atoms with Crippen molar-refractivity contribution in [2.75, 3.05) is 6.61 Å². The number of aliphatic hydroxyl groups excluding tert-OH is 1. The van der Waals surface area contributed by atoms with Gasteiger partial charge in [-0.3, -0.25) is 9.59 Å². The molecule has 4 nitrogen and oxygen atoms in total. The van der Waals surface area contributed by atoms with Gasteiger partial charge in [-0.15, -0.1) is 0 Å². The van der Waals surface area contributed by atoms with Crippen molar-refractivity contribution in [3.05, 3.63) is 0 Å². The smallest absolute Gasteiger partial charge is 0.303 e. The second-order valence-corrected chi connectivity index (χ2v) is 10.5. The van der Waals surface area contributed by atoms with Gasteiger partial charge in [-0.05, 0) is 92.3 Å². The van der Waals surface area contributed by atoms with Crippen LogP contribution in [0.25, 0.3) is 0 Å². The Hall–Kier alpha value is -0.900. The van der Waals surface area contributed by atoms with E-state index in [4.69, 9.17) is 4.74 Å². The van der Waals surface area contributed by atoms with Crippen LogP contribution in [0.3, 0.4) is 0 Å². The van der Waals surface area contributed by atoms with Crippen LogP contribution in [0, 0.1) is 40.4 Å². The molecular formula is C23H36O4. The first-order valence-corrected chi connectivity index (χ1v) is 11.1. The Kier molecular flexibility index (Phi) is 4.93. The number of aliphatic hydroxyl groups is 1. The average Bonchev–Trinajstić information content (AvgIpc) is 2.97. The highest BCUT2D eigenvalue weighted by molar-refractivity contribution is 5.85. The van der Waals surface area contributed by atoms with Crippen LogP contribution in [0.1, 0.15) is 78.6 Å². The van der Waals surface area contributed by atoms with E-state index >= 15 is 0 Å². The zero-order valence-corrected chi connectivity index (χ0v) is 17.2. The van der Waals surface area contributed by atoms with Crippen LogP contribution in [0.2, 0.25) is 0 Å². The number of hydrogen-bond donors (Lipinski definition) is 1. The fourth-order valence-electron chi connectivity index (χ4n) is 8.04. The molecular weight excluding hydrogens is 340 g/mol. The Balaban J connectivity index is 1.52. The van der Waals surface area contributed by atoms with E-state index in [-0.39, 0.29) is 35.8 Å². The Morgan fingerprint density at radius 1 is 0.963 bits per heavy atom. The highest BCUT2D eigenvalue weighted by atomic mass is 16.5. The Morgan fingerprint density at radius 3 is 2.41 bits per heavy atom. The van der Waals surface area contributed by atoms with Gasteiger partial charge in [0.25, 0.3) is 0 Å². The highest BCUT2D eigenvalue weighted by Gasteiger charge is 2.61. The lowest BCUT2D eigenvalue weighted by molar-refractivity contribution is -0.151. The molecule has 0 radical (unpaired) electrons. The molecule has 0 aromatic heterocycles. The maximum atomic E-state index is 12.8. The fourth-order valence-corrected chi connectivity index (χ4v) is 8.04. The molecule has 4 heteroatoms. The normalized spacial score (nSPS) is 48.9. The summed E-state index contributed by atoms with van der Waals surface area (Å²) < 4.78 is 5.03. The van der Waals surface area contributed by atoms with E-state index in [0.717, 1.165) is 50.4 Å². The first kappa shape index (κ1) is 19.4. The second kappa shape index (κ2) is 6.86. The summed E-state index contributed by atoms with van der Waals surface area (Å²) >= 11 is 0. The summed E-state index contributed by atoms with van der Waals surface area (Å²) in [7, 11) is 0. The van der Waals surface area contributed by atoms with Crippen molar-refractivity contribution in [3.8, 4) is 0 Å². The molecule has 0 aliphatic heterocycles. The summed E-state index contributed by atoms with van der Waals surface area (Å²) in [5.74, 6) is 2.62. The van der Waals surface area contributed by atoms with Crippen molar-refractivity contribution in [2.24, 2.45) is 40.4 Å². The van der Waals surface area contributed by atoms with Crippen LogP contribution in [0.5, 0.6) is 0 Å². The third kappa shape index (κ3) is 3.07. The summed E-state index contributed by atoms with van der Waals surface area (Å²) in [5.41, 5.74) is 0.457. The number of esters is 1. The molecule has 0 amide bonds. The minimum absolute atomic E-state index is 0.0475. The molecule has 0 bridgehead atoms. The summed E-state index contributed by atoms with van der Waals surface area (Å²) in [6.45, 7) is 6.17. The fraction of sp³-hybridized carbons (Fsp3) is 0.913. The molecule has 0 aromatic carbocycles. The lowest BCUT2D eigenvalue weighted by atomic mass is 9.44. The van der Waals surface area contributed by atoms with E-state index < -0.39 is 0 Å². The van der Waals surface area contributed by atoms with Crippen molar-refractivity contribution >= 4 is 11.8 Å². The van der Waals surface area contributed by atoms with E-state index in [0.29, 0.717) is 17.3 Å². The van der Waals surface area contributed by atoms with Crippen molar-refractivity contribution < 1.29 is 19.4 Å². The monoisotopic (exact) mass is 376 g/mol. The molecule has 0 saturated heterocycles. The molecule has 0 aromatic rings. The first-order chi connectivity index (χ1) is 12.8. The summed E-state index contributed by atoms with van der Waals surface area (Å²) in [6, 6.07) is 0. The Labute approximate surface area is 163 Å². The van der Waals surface area contributed by atoms with Crippen LogP contribution < -0.4 is 0 Å². The van der Waals surface area contributed by atoms with Crippen molar-refractivity contribution in [1.29, 1.82) is 0 Å². The molecule has 4 aliphatic rings. The first-order valence-electron chi connectivity index (χ1n) is 11.1. The van der Waals surface area contributed by atoms with Crippen LogP contribution in [0.15, 0.2) is 0 Å². The van der Waals surface area contributed by atoms with E-state index in [1.165, 1.54) is 26.2 Å². The van der Waals surface area contributed by atoms with Gasteiger partial charge in [0.15, 0.2) is 5.78 Å². The van der Waals surface area contributed by atoms with Gasteiger partial charge >= 0.3 is 5.97 Å². The Bertz CT molecular complexity index is 615. The quantitative estimate of drug-likeness (QED) is 0.752. The minimum atomic E-state index is -0.363. The molecule has 0 spiro atoms. The summed E-state index contributed by atoms with van der Waals surface area (Å²) in [5, 5.41) is 10.2. The van der Waals surface area contributed by atoms with Crippen molar-refractivity contribution in [3.63, 3.8) is 0 Å². The van der Waals surface area contributed by atoms with Crippen LogP contribution in [-0.2, 0) is 14.3 Å². The molecule has 4 aliphatic carbocycles.